The molecule has 0 saturated heterocycles. The van der Waals surface area contributed by atoms with Crippen LogP contribution >= 0.6 is 0 Å². The van der Waals surface area contributed by atoms with Crippen molar-refractivity contribution in [2.24, 2.45) is 0 Å². The zero-order chi connectivity index (χ0) is 12.4. The van der Waals surface area contributed by atoms with Crippen molar-refractivity contribution >= 4 is 0 Å². The van der Waals surface area contributed by atoms with E-state index in [2.05, 4.69) is 30.7 Å². The van der Waals surface area contributed by atoms with E-state index in [1.165, 1.54) is 0 Å². The molecule has 1 rings (SSSR count). The Balaban J connectivity index is 2.66. The van der Waals surface area contributed by atoms with Crippen molar-refractivity contribution in [3.05, 3.63) is 18.2 Å². The monoisotopic (exact) mass is 224 g/mol. The van der Waals surface area contributed by atoms with Crippen molar-refractivity contribution in [1.29, 1.82) is 0 Å². The van der Waals surface area contributed by atoms with Gasteiger partial charge in [0.25, 0.3) is 0 Å². The lowest BCUT2D eigenvalue weighted by molar-refractivity contribution is 0.0282. The van der Waals surface area contributed by atoms with Gasteiger partial charge in [0.2, 0.25) is 0 Å². The van der Waals surface area contributed by atoms with Crippen LogP contribution in [0.25, 0.3) is 0 Å². The summed E-state index contributed by atoms with van der Waals surface area (Å²) in [5.41, 5.74) is -0.905. The van der Waals surface area contributed by atoms with Crippen LogP contribution in [0.4, 0.5) is 0 Å². The van der Waals surface area contributed by atoms with Gasteiger partial charge in [-0.2, -0.15) is 0 Å². The van der Waals surface area contributed by atoms with Gasteiger partial charge in [0.05, 0.1) is 18.0 Å². The largest absolute Gasteiger partial charge is 0.487 e. The van der Waals surface area contributed by atoms with Crippen LogP contribution in [0.5, 0.6) is 5.75 Å². The molecule has 0 spiro atoms. The fourth-order valence-electron chi connectivity index (χ4n) is 1.04. The summed E-state index contributed by atoms with van der Waals surface area (Å²) in [4.78, 5) is 8.47. The molecule has 0 aliphatic heterocycles. The summed E-state index contributed by atoms with van der Waals surface area (Å²) in [7, 11) is 0. The molecule has 0 saturated carbocycles. The summed E-state index contributed by atoms with van der Waals surface area (Å²) >= 11 is 0. The highest BCUT2D eigenvalue weighted by atomic mass is 16.5. The Labute approximate surface area is 96.7 Å². The van der Waals surface area contributed by atoms with Crippen molar-refractivity contribution in [2.45, 2.75) is 45.6 Å². The highest BCUT2D eigenvalue weighted by molar-refractivity contribution is 5.15. The maximum atomic E-state index is 9.50. The summed E-state index contributed by atoms with van der Waals surface area (Å²) in [5.74, 6) is 1.36. The third-order valence-corrected chi connectivity index (χ3v) is 1.89. The van der Waals surface area contributed by atoms with Crippen molar-refractivity contribution in [1.82, 2.24) is 9.97 Å². The summed E-state index contributed by atoms with van der Waals surface area (Å²) in [6.07, 6.45) is 3.28. The quantitative estimate of drug-likeness (QED) is 0.852. The molecule has 0 unspecified atom stereocenters. The second-order valence-corrected chi connectivity index (χ2v) is 5.59. The first-order valence-electron chi connectivity index (χ1n) is 5.36. The number of aliphatic hydroxyl groups is 1. The zero-order valence-corrected chi connectivity index (χ0v) is 10.6. The van der Waals surface area contributed by atoms with Gasteiger partial charge >= 0.3 is 0 Å². The van der Waals surface area contributed by atoms with Gasteiger partial charge in [-0.25, -0.2) is 9.97 Å². The van der Waals surface area contributed by atoms with Crippen molar-refractivity contribution in [3.63, 3.8) is 0 Å². The van der Waals surface area contributed by atoms with E-state index in [0.29, 0.717) is 5.75 Å². The Morgan fingerprint density at radius 1 is 1.12 bits per heavy atom. The first-order chi connectivity index (χ1) is 7.18. The highest BCUT2D eigenvalue weighted by Crippen LogP contribution is 2.19. The van der Waals surface area contributed by atoms with E-state index in [-0.39, 0.29) is 12.0 Å². The summed E-state index contributed by atoms with van der Waals surface area (Å²) < 4.78 is 5.36. The van der Waals surface area contributed by atoms with Crippen LogP contribution in [0.1, 0.15) is 40.4 Å². The topological polar surface area (TPSA) is 55.2 Å². The Hall–Kier alpha value is -1.16. The van der Waals surface area contributed by atoms with E-state index in [9.17, 15) is 5.11 Å². The normalized spacial score (nSPS) is 12.6. The lowest BCUT2D eigenvalue weighted by Crippen LogP contribution is -2.28. The van der Waals surface area contributed by atoms with E-state index in [1.54, 1.807) is 26.2 Å². The van der Waals surface area contributed by atoms with E-state index in [1.807, 2.05) is 0 Å². The molecule has 0 aliphatic carbocycles. The van der Waals surface area contributed by atoms with Gasteiger partial charge < -0.3 is 9.84 Å². The second-order valence-electron chi connectivity index (χ2n) is 5.59. The standard InChI is InChI=1S/C12H20N2O2/c1-11(2,3)10-13-6-9(7-14-10)16-8-12(4,5)15/h6-7,15H,8H2,1-5H3. The molecule has 0 atom stereocenters. The molecule has 0 aliphatic rings. The van der Waals surface area contributed by atoms with Gasteiger partial charge in [0.15, 0.2) is 5.75 Å². The van der Waals surface area contributed by atoms with Crippen LogP contribution in [0.2, 0.25) is 0 Å². The van der Waals surface area contributed by atoms with E-state index < -0.39 is 5.60 Å². The molecule has 1 N–H and O–H groups in total. The van der Waals surface area contributed by atoms with Gasteiger partial charge in [0, 0.05) is 5.41 Å². The van der Waals surface area contributed by atoms with Crippen LogP contribution in [0.15, 0.2) is 12.4 Å². The molecule has 0 fully saturated rings. The molecule has 1 heterocycles. The minimum Gasteiger partial charge on any atom is -0.487 e. The van der Waals surface area contributed by atoms with Crippen LogP contribution in [0, 0.1) is 0 Å². The molecule has 0 radical (unpaired) electrons. The molecule has 1 aromatic heterocycles. The number of ether oxygens (including phenoxy) is 1. The lowest BCUT2D eigenvalue weighted by Gasteiger charge is -2.19. The van der Waals surface area contributed by atoms with Crippen molar-refractivity contribution in [2.75, 3.05) is 6.61 Å². The van der Waals surface area contributed by atoms with Gasteiger partial charge in [-0.3, -0.25) is 0 Å². The predicted molar refractivity (Wildman–Crippen MR) is 62.5 cm³/mol. The van der Waals surface area contributed by atoms with Gasteiger partial charge in [0.1, 0.15) is 12.4 Å². The fraction of sp³-hybridized carbons (Fsp3) is 0.667. The maximum Gasteiger partial charge on any atom is 0.156 e. The van der Waals surface area contributed by atoms with E-state index in [4.69, 9.17) is 4.74 Å². The molecular formula is C12H20N2O2. The zero-order valence-electron chi connectivity index (χ0n) is 10.6. The summed E-state index contributed by atoms with van der Waals surface area (Å²) in [6, 6.07) is 0. The molecule has 4 heteroatoms. The molecule has 0 bridgehead atoms. The van der Waals surface area contributed by atoms with E-state index >= 15 is 0 Å². The average molecular weight is 224 g/mol. The first-order valence-corrected chi connectivity index (χ1v) is 5.36. The molecule has 1 aromatic rings. The van der Waals surface area contributed by atoms with Crippen LogP contribution in [-0.2, 0) is 5.41 Å². The number of nitrogens with zero attached hydrogens (tertiary/aromatic N) is 2. The minimum atomic E-state index is -0.845. The fourth-order valence-corrected chi connectivity index (χ4v) is 1.04. The Morgan fingerprint density at radius 3 is 2.00 bits per heavy atom. The van der Waals surface area contributed by atoms with Crippen LogP contribution in [0.3, 0.4) is 0 Å². The van der Waals surface area contributed by atoms with Gasteiger partial charge in [-0.15, -0.1) is 0 Å². The molecule has 4 nitrogen and oxygen atoms in total. The lowest BCUT2D eigenvalue weighted by atomic mass is 9.96. The molecule has 0 amide bonds. The number of aromatic nitrogens is 2. The van der Waals surface area contributed by atoms with Gasteiger partial charge in [-0.05, 0) is 13.8 Å². The smallest absolute Gasteiger partial charge is 0.156 e. The molecule has 16 heavy (non-hydrogen) atoms. The third kappa shape index (κ3) is 4.14. The Bertz CT molecular complexity index is 334. The first kappa shape index (κ1) is 12.9. The van der Waals surface area contributed by atoms with Crippen LogP contribution in [-0.4, -0.2) is 27.3 Å². The SMILES string of the molecule is CC(C)(O)COc1cnc(C(C)(C)C)nc1. The molecule has 0 aromatic carbocycles. The predicted octanol–water partition coefficient (Wildman–Crippen LogP) is 1.92. The molecule has 90 valence electrons. The van der Waals surface area contributed by atoms with Crippen molar-refractivity contribution < 1.29 is 9.84 Å². The number of rotatable bonds is 3. The van der Waals surface area contributed by atoms with Crippen LogP contribution < -0.4 is 4.74 Å². The van der Waals surface area contributed by atoms with Gasteiger partial charge in [-0.1, -0.05) is 20.8 Å². The minimum absolute atomic E-state index is 0.0607. The third-order valence-electron chi connectivity index (χ3n) is 1.89. The maximum absolute atomic E-state index is 9.50. The second kappa shape index (κ2) is 4.37. The highest BCUT2D eigenvalue weighted by Gasteiger charge is 2.17. The summed E-state index contributed by atoms with van der Waals surface area (Å²) in [5, 5.41) is 9.50. The molecular weight excluding hydrogens is 204 g/mol. The Morgan fingerprint density at radius 2 is 1.62 bits per heavy atom. The van der Waals surface area contributed by atoms with Crippen molar-refractivity contribution in [3.8, 4) is 5.75 Å². The van der Waals surface area contributed by atoms with E-state index in [0.717, 1.165) is 5.82 Å². The average Bonchev–Trinajstić information content (AvgIpc) is 2.13. The Kier molecular flexibility index (Phi) is 3.53. The summed E-state index contributed by atoms with van der Waals surface area (Å²) in [6.45, 7) is 9.78. The number of hydrogen-bond acceptors (Lipinski definition) is 4. The number of hydrogen-bond donors (Lipinski definition) is 1.